The fraction of sp³-hybridized carbons (Fsp3) is 0.500. The SMILES string of the molecule is CC1CCCN(S(=O)(=O)c2cccc(B(O)O)c2)C1. The first-order chi connectivity index (χ1) is 8.91. The predicted molar refractivity (Wildman–Crippen MR) is 73.4 cm³/mol. The molecule has 1 aromatic rings. The Balaban J connectivity index is 2.31. The number of sulfonamides is 1. The third kappa shape index (κ3) is 3.17. The molecule has 1 heterocycles. The molecule has 1 aliphatic rings. The fourth-order valence-corrected chi connectivity index (χ4v) is 4.00. The van der Waals surface area contributed by atoms with Gasteiger partial charge in [0, 0.05) is 13.1 Å². The number of nitrogens with zero attached hydrogens (tertiary/aromatic N) is 1. The molecule has 1 unspecified atom stereocenters. The molecule has 2 rings (SSSR count). The first-order valence-corrected chi connectivity index (χ1v) is 7.81. The zero-order valence-electron chi connectivity index (χ0n) is 10.9. The summed E-state index contributed by atoms with van der Waals surface area (Å²) in [5, 5.41) is 18.2. The Bertz CT molecular complexity index is 546. The van der Waals surface area contributed by atoms with Gasteiger partial charge in [0.25, 0.3) is 0 Å². The molecule has 2 N–H and O–H groups in total. The lowest BCUT2D eigenvalue weighted by Crippen LogP contribution is -2.39. The monoisotopic (exact) mass is 283 g/mol. The zero-order chi connectivity index (χ0) is 14.0. The Kier molecular flexibility index (Phi) is 4.30. The summed E-state index contributed by atoms with van der Waals surface area (Å²) >= 11 is 0. The zero-order valence-corrected chi connectivity index (χ0v) is 11.7. The van der Waals surface area contributed by atoms with Crippen LogP contribution in [0.25, 0.3) is 0 Å². The highest BCUT2D eigenvalue weighted by atomic mass is 32.2. The molecular formula is C12H18BNO4S. The van der Waals surface area contributed by atoms with E-state index in [2.05, 4.69) is 0 Å². The lowest BCUT2D eigenvalue weighted by Gasteiger charge is -2.30. The molecule has 0 aromatic heterocycles. The quantitative estimate of drug-likeness (QED) is 0.752. The van der Waals surface area contributed by atoms with Gasteiger partial charge in [0.15, 0.2) is 0 Å². The van der Waals surface area contributed by atoms with Gasteiger partial charge in [0.2, 0.25) is 10.0 Å². The highest BCUT2D eigenvalue weighted by Gasteiger charge is 2.29. The average Bonchev–Trinajstić information content (AvgIpc) is 2.39. The molecule has 1 aliphatic heterocycles. The fourth-order valence-electron chi connectivity index (χ4n) is 2.35. The molecule has 5 nitrogen and oxygen atoms in total. The molecule has 0 saturated carbocycles. The standard InChI is InChI=1S/C12H18BNO4S/c1-10-4-3-7-14(9-10)19(17,18)12-6-2-5-11(8-12)13(15)16/h2,5-6,8,10,15-16H,3-4,7,9H2,1H3. The molecular weight excluding hydrogens is 265 g/mol. The molecule has 0 aliphatic carbocycles. The Morgan fingerprint density at radius 2 is 2.11 bits per heavy atom. The van der Waals surface area contributed by atoms with Crippen molar-refractivity contribution in [2.45, 2.75) is 24.7 Å². The van der Waals surface area contributed by atoms with Crippen LogP contribution in [0, 0.1) is 5.92 Å². The van der Waals surface area contributed by atoms with Crippen LogP contribution in [0.15, 0.2) is 29.2 Å². The first-order valence-electron chi connectivity index (χ1n) is 6.37. The molecule has 0 radical (unpaired) electrons. The van der Waals surface area contributed by atoms with E-state index in [1.807, 2.05) is 6.92 Å². The summed E-state index contributed by atoms with van der Waals surface area (Å²) in [6.07, 6.45) is 1.91. The lowest BCUT2D eigenvalue weighted by atomic mass is 9.80. The van der Waals surface area contributed by atoms with Crippen molar-refractivity contribution in [1.29, 1.82) is 0 Å². The van der Waals surface area contributed by atoms with Crippen LogP contribution in [0.4, 0.5) is 0 Å². The van der Waals surface area contributed by atoms with E-state index in [1.54, 1.807) is 0 Å². The smallest absolute Gasteiger partial charge is 0.423 e. The Morgan fingerprint density at radius 1 is 1.37 bits per heavy atom. The van der Waals surface area contributed by atoms with Gasteiger partial charge in [-0.05, 0) is 36.4 Å². The molecule has 0 spiro atoms. The van der Waals surface area contributed by atoms with Crippen molar-refractivity contribution in [2.24, 2.45) is 5.92 Å². The Morgan fingerprint density at radius 3 is 2.74 bits per heavy atom. The molecule has 1 atom stereocenters. The van der Waals surface area contributed by atoms with E-state index < -0.39 is 17.1 Å². The number of piperidine rings is 1. The molecule has 104 valence electrons. The second-order valence-electron chi connectivity index (χ2n) is 5.06. The second-order valence-corrected chi connectivity index (χ2v) is 6.99. The molecule has 0 bridgehead atoms. The molecule has 7 heteroatoms. The minimum absolute atomic E-state index is 0.118. The largest absolute Gasteiger partial charge is 0.488 e. The van der Waals surface area contributed by atoms with E-state index in [-0.39, 0.29) is 10.4 Å². The number of rotatable bonds is 3. The maximum atomic E-state index is 12.5. The highest BCUT2D eigenvalue weighted by Crippen LogP contribution is 2.22. The normalized spacial score (nSPS) is 21.3. The summed E-state index contributed by atoms with van der Waals surface area (Å²) in [6, 6.07) is 5.82. The summed E-state index contributed by atoms with van der Waals surface area (Å²) in [5.74, 6) is 0.357. The highest BCUT2D eigenvalue weighted by molar-refractivity contribution is 7.89. The topological polar surface area (TPSA) is 77.8 Å². The van der Waals surface area contributed by atoms with Gasteiger partial charge in [-0.3, -0.25) is 0 Å². The molecule has 19 heavy (non-hydrogen) atoms. The van der Waals surface area contributed by atoms with Crippen LogP contribution in [0.2, 0.25) is 0 Å². The van der Waals surface area contributed by atoms with Crippen molar-refractivity contribution in [3.63, 3.8) is 0 Å². The van der Waals surface area contributed by atoms with Crippen molar-refractivity contribution in [3.05, 3.63) is 24.3 Å². The second kappa shape index (κ2) is 5.62. The number of hydrogen-bond acceptors (Lipinski definition) is 4. The Hall–Kier alpha value is -0.885. The van der Waals surface area contributed by atoms with Crippen LogP contribution < -0.4 is 5.46 Å². The van der Waals surface area contributed by atoms with Gasteiger partial charge < -0.3 is 10.0 Å². The summed E-state index contributed by atoms with van der Waals surface area (Å²) in [7, 11) is -5.20. The van der Waals surface area contributed by atoms with Crippen molar-refractivity contribution >= 4 is 22.6 Å². The van der Waals surface area contributed by atoms with Gasteiger partial charge in [0.05, 0.1) is 4.90 Å². The summed E-state index contributed by atoms with van der Waals surface area (Å²) in [4.78, 5) is 0.118. The molecule has 1 saturated heterocycles. The minimum Gasteiger partial charge on any atom is -0.423 e. The van der Waals surface area contributed by atoms with Crippen molar-refractivity contribution in [2.75, 3.05) is 13.1 Å². The van der Waals surface area contributed by atoms with Crippen LogP contribution in [-0.4, -0.2) is 43.0 Å². The van der Waals surface area contributed by atoms with Crippen molar-refractivity contribution < 1.29 is 18.5 Å². The average molecular weight is 283 g/mol. The van der Waals surface area contributed by atoms with Gasteiger partial charge in [-0.2, -0.15) is 4.31 Å². The van der Waals surface area contributed by atoms with Crippen molar-refractivity contribution in [1.82, 2.24) is 4.31 Å². The van der Waals surface area contributed by atoms with Crippen LogP contribution in [0.3, 0.4) is 0 Å². The third-order valence-electron chi connectivity index (χ3n) is 3.41. The molecule has 1 fully saturated rings. The van der Waals surface area contributed by atoms with E-state index in [0.717, 1.165) is 12.8 Å². The third-order valence-corrected chi connectivity index (χ3v) is 5.27. The first kappa shape index (κ1) is 14.5. The van der Waals surface area contributed by atoms with Gasteiger partial charge in [0.1, 0.15) is 0 Å². The minimum atomic E-state index is -3.54. The summed E-state index contributed by atoms with van der Waals surface area (Å²) in [6.45, 7) is 3.09. The molecule has 0 amide bonds. The van der Waals surface area contributed by atoms with Gasteiger partial charge in [-0.15, -0.1) is 0 Å². The van der Waals surface area contributed by atoms with Gasteiger partial charge in [-0.1, -0.05) is 19.1 Å². The Labute approximate surface area is 114 Å². The van der Waals surface area contributed by atoms with E-state index in [1.165, 1.54) is 28.6 Å². The lowest BCUT2D eigenvalue weighted by molar-refractivity contribution is 0.281. The number of hydrogen-bond donors (Lipinski definition) is 2. The predicted octanol–water partition coefficient (Wildman–Crippen LogP) is -0.213. The van der Waals surface area contributed by atoms with Crippen LogP contribution >= 0.6 is 0 Å². The van der Waals surface area contributed by atoms with Crippen LogP contribution in [0.1, 0.15) is 19.8 Å². The van der Waals surface area contributed by atoms with Crippen LogP contribution in [0.5, 0.6) is 0 Å². The van der Waals surface area contributed by atoms with E-state index in [0.29, 0.717) is 19.0 Å². The van der Waals surface area contributed by atoms with Crippen LogP contribution in [-0.2, 0) is 10.0 Å². The maximum absolute atomic E-state index is 12.5. The summed E-state index contributed by atoms with van der Waals surface area (Å²) in [5.41, 5.74) is 0.186. The van der Waals surface area contributed by atoms with Gasteiger partial charge >= 0.3 is 7.12 Å². The maximum Gasteiger partial charge on any atom is 0.488 e. The number of benzene rings is 1. The van der Waals surface area contributed by atoms with Gasteiger partial charge in [-0.25, -0.2) is 8.42 Å². The van der Waals surface area contributed by atoms with Crippen molar-refractivity contribution in [3.8, 4) is 0 Å². The van der Waals surface area contributed by atoms with E-state index in [9.17, 15) is 8.42 Å². The summed E-state index contributed by atoms with van der Waals surface area (Å²) < 4.78 is 26.4. The molecule has 1 aromatic carbocycles. The van der Waals surface area contributed by atoms with E-state index >= 15 is 0 Å². The van der Waals surface area contributed by atoms with E-state index in [4.69, 9.17) is 10.0 Å².